The number of carbonyl (C=O) groups is 3. The first-order chi connectivity index (χ1) is 12.9. The van der Waals surface area contributed by atoms with Crippen LogP contribution in [0.2, 0.25) is 5.02 Å². The Balaban J connectivity index is 2.16. The van der Waals surface area contributed by atoms with E-state index in [1.807, 2.05) is 0 Å². The lowest BCUT2D eigenvalue weighted by molar-refractivity contribution is -0.108. The zero-order valence-corrected chi connectivity index (χ0v) is 14.8. The van der Waals surface area contributed by atoms with Crippen molar-refractivity contribution in [3.63, 3.8) is 0 Å². The molecule has 0 aliphatic carbocycles. The number of aldehydes is 1. The van der Waals surface area contributed by atoms with Crippen LogP contribution in [0.5, 0.6) is 0 Å². The average Bonchev–Trinajstić information content (AvgIpc) is 2.61. The van der Waals surface area contributed by atoms with Crippen LogP contribution in [0.1, 0.15) is 16.8 Å². The van der Waals surface area contributed by atoms with E-state index in [1.165, 1.54) is 30.3 Å². The monoisotopic (exact) mass is 393 g/mol. The number of benzene rings is 2. The largest absolute Gasteiger partial charge is 0.465 e. The molecule has 0 saturated carbocycles. The molecule has 0 radical (unpaired) electrons. The first-order valence-corrected chi connectivity index (χ1v) is 8.31. The van der Waals surface area contributed by atoms with E-state index in [0.29, 0.717) is 17.7 Å². The second-order valence-electron chi connectivity index (χ2n) is 5.55. The summed E-state index contributed by atoms with van der Waals surface area (Å²) in [6.45, 7) is 0.0716. The molecule has 2 amide bonds. The highest BCUT2D eigenvalue weighted by atomic mass is 35.5. The number of halogens is 2. The zero-order valence-electron chi connectivity index (χ0n) is 14.0. The maximum Gasteiger partial charge on any atom is 0.404 e. The van der Waals surface area contributed by atoms with Crippen LogP contribution in [0.3, 0.4) is 0 Å². The number of carboxylic acid groups (broad SMARTS) is 1. The fraction of sp³-hybridized carbons (Fsp3) is 0.167. The fourth-order valence-corrected chi connectivity index (χ4v) is 2.61. The van der Waals surface area contributed by atoms with E-state index >= 15 is 0 Å². The van der Waals surface area contributed by atoms with Gasteiger partial charge in [0.25, 0.3) is 5.91 Å². The number of amides is 2. The number of nitrogens with one attached hydrogen (secondary N) is 3. The molecular weight excluding hydrogens is 377 g/mol. The lowest BCUT2D eigenvalue weighted by Crippen LogP contribution is -2.39. The Bertz CT molecular complexity index is 830. The average molecular weight is 394 g/mol. The van der Waals surface area contributed by atoms with Crippen LogP contribution in [0.15, 0.2) is 42.5 Å². The van der Waals surface area contributed by atoms with Crippen LogP contribution in [-0.2, 0) is 4.79 Å². The minimum Gasteiger partial charge on any atom is -0.465 e. The van der Waals surface area contributed by atoms with Gasteiger partial charge in [0.15, 0.2) is 0 Å². The Morgan fingerprint density at radius 1 is 1.19 bits per heavy atom. The minimum absolute atomic E-state index is 0.0308. The van der Waals surface area contributed by atoms with Crippen molar-refractivity contribution in [1.82, 2.24) is 5.32 Å². The molecule has 0 aromatic heterocycles. The molecule has 2 rings (SSSR count). The quantitative estimate of drug-likeness (QED) is 0.514. The Morgan fingerprint density at radius 2 is 1.89 bits per heavy atom. The molecule has 1 unspecified atom stereocenters. The fourth-order valence-electron chi connectivity index (χ4n) is 2.35. The van der Waals surface area contributed by atoms with Gasteiger partial charge in [-0.1, -0.05) is 17.7 Å². The summed E-state index contributed by atoms with van der Waals surface area (Å²) in [5, 5.41) is 16.7. The highest BCUT2D eigenvalue weighted by molar-refractivity contribution is 6.35. The molecule has 2 aromatic rings. The Labute approximate surface area is 159 Å². The van der Waals surface area contributed by atoms with E-state index in [0.717, 1.165) is 0 Å². The predicted octanol–water partition coefficient (Wildman–Crippen LogP) is 3.37. The minimum atomic E-state index is -1.26. The molecule has 1 atom stereocenters. The molecule has 0 bridgehead atoms. The van der Waals surface area contributed by atoms with Crippen LogP contribution in [-0.4, -0.2) is 36.0 Å². The molecule has 0 heterocycles. The summed E-state index contributed by atoms with van der Waals surface area (Å²) in [7, 11) is 0. The van der Waals surface area contributed by atoms with Crippen LogP contribution >= 0.6 is 11.6 Å². The van der Waals surface area contributed by atoms with E-state index in [9.17, 15) is 18.8 Å². The second kappa shape index (κ2) is 9.54. The molecule has 9 heteroatoms. The van der Waals surface area contributed by atoms with Crippen molar-refractivity contribution in [2.24, 2.45) is 0 Å². The van der Waals surface area contributed by atoms with Gasteiger partial charge in [-0.2, -0.15) is 0 Å². The van der Waals surface area contributed by atoms with Gasteiger partial charge in [0.1, 0.15) is 12.1 Å². The lowest BCUT2D eigenvalue weighted by Gasteiger charge is -2.18. The Morgan fingerprint density at radius 3 is 2.52 bits per heavy atom. The summed E-state index contributed by atoms with van der Waals surface area (Å²) in [4.78, 5) is 34.1. The van der Waals surface area contributed by atoms with Gasteiger partial charge in [0.2, 0.25) is 0 Å². The molecule has 27 heavy (non-hydrogen) atoms. The summed E-state index contributed by atoms with van der Waals surface area (Å²) in [6.07, 6.45) is -0.691. The van der Waals surface area contributed by atoms with Crippen molar-refractivity contribution < 1.29 is 23.9 Å². The highest BCUT2D eigenvalue weighted by Crippen LogP contribution is 2.25. The third-order valence-electron chi connectivity index (χ3n) is 3.59. The van der Waals surface area contributed by atoms with Crippen LogP contribution < -0.4 is 16.0 Å². The van der Waals surface area contributed by atoms with Crippen LogP contribution in [0, 0.1) is 5.82 Å². The third kappa shape index (κ3) is 5.96. The van der Waals surface area contributed by atoms with Crippen molar-refractivity contribution in [2.45, 2.75) is 12.5 Å². The van der Waals surface area contributed by atoms with E-state index in [-0.39, 0.29) is 23.6 Å². The van der Waals surface area contributed by atoms with Gasteiger partial charge in [0, 0.05) is 24.3 Å². The molecule has 4 N–H and O–H groups in total. The maximum atomic E-state index is 13.0. The van der Waals surface area contributed by atoms with Crippen molar-refractivity contribution >= 4 is 41.3 Å². The van der Waals surface area contributed by atoms with Crippen molar-refractivity contribution in [3.8, 4) is 0 Å². The Kier molecular flexibility index (Phi) is 7.13. The molecule has 2 aromatic carbocycles. The molecule has 7 nitrogen and oxygen atoms in total. The van der Waals surface area contributed by atoms with E-state index in [2.05, 4.69) is 16.0 Å². The zero-order chi connectivity index (χ0) is 19.8. The normalized spacial score (nSPS) is 11.3. The number of carbonyl (C=O) groups excluding carboxylic acids is 2. The van der Waals surface area contributed by atoms with Crippen LogP contribution in [0.4, 0.5) is 20.6 Å². The molecule has 142 valence electrons. The molecule has 0 fully saturated rings. The van der Waals surface area contributed by atoms with Crippen molar-refractivity contribution in [2.75, 3.05) is 17.2 Å². The summed E-state index contributed by atoms with van der Waals surface area (Å²) >= 11 is 6.15. The van der Waals surface area contributed by atoms with Gasteiger partial charge in [-0.3, -0.25) is 4.79 Å². The van der Waals surface area contributed by atoms with Gasteiger partial charge in [0.05, 0.1) is 16.6 Å². The first kappa shape index (κ1) is 20.2. The molecule has 0 aliphatic heterocycles. The third-order valence-corrected chi connectivity index (χ3v) is 3.90. The lowest BCUT2D eigenvalue weighted by atomic mass is 10.1. The van der Waals surface area contributed by atoms with E-state index < -0.39 is 23.9 Å². The summed E-state index contributed by atoms with van der Waals surface area (Å²) < 4.78 is 13.0. The number of rotatable bonds is 8. The van der Waals surface area contributed by atoms with Gasteiger partial charge in [-0.05, 0) is 36.4 Å². The summed E-state index contributed by atoms with van der Waals surface area (Å²) in [5.74, 6) is -0.951. The van der Waals surface area contributed by atoms with Gasteiger partial charge < -0.3 is 25.9 Å². The van der Waals surface area contributed by atoms with Gasteiger partial charge >= 0.3 is 6.09 Å². The number of hydrogen-bond donors (Lipinski definition) is 4. The van der Waals surface area contributed by atoms with Gasteiger partial charge in [-0.15, -0.1) is 0 Å². The van der Waals surface area contributed by atoms with Gasteiger partial charge in [-0.25, -0.2) is 9.18 Å². The maximum absolute atomic E-state index is 13.0. The topological polar surface area (TPSA) is 108 Å². The highest BCUT2D eigenvalue weighted by Gasteiger charge is 2.18. The SMILES string of the molecule is O=CCC(CNc1cccc(Cl)c1C(=O)Nc1ccc(F)cc1)NC(=O)O. The number of hydrogen-bond acceptors (Lipinski definition) is 4. The standard InChI is InChI=1S/C18H17ClFN3O4/c19-14-2-1-3-15(21-10-13(8-9-24)23-18(26)27)16(14)17(25)22-12-6-4-11(20)5-7-12/h1-7,9,13,21,23H,8,10H2,(H,22,25)(H,26,27). The van der Waals surface area contributed by atoms with Crippen LogP contribution in [0.25, 0.3) is 0 Å². The molecule has 0 aliphatic rings. The first-order valence-electron chi connectivity index (χ1n) is 7.93. The smallest absolute Gasteiger partial charge is 0.404 e. The molecule has 0 saturated heterocycles. The molecule has 0 spiro atoms. The predicted molar refractivity (Wildman–Crippen MR) is 99.9 cm³/mol. The number of anilines is 2. The molecular formula is C18H17ClFN3O4. The second-order valence-corrected chi connectivity index (χ2v) is 5.96. The Hall–Kier alpha value is -3.13. The van der Waals surface area contributed by atoms with E-state index in [4.69, 9.17) is 16.7 Å². The summed E-state index contributed by atoms with van der Waals surface area (Å²) in [5.41, 5.74) is 0.896. The van der Waals surface area contributed by atoms with E-state index in [1.54, 1.807) is 12.1 Å². The van der Waals surface area contributed by atoms with Crippen molar-refractivity contribution in [1.29, 1.82) is 0 Å². The van der Waals surface area contributed by atoms with Crippen molar-refractivity contribution in [3.05, 3.63) is 58.9 Å². The summed E-state index contributed by atoms with van der Waals surface area (Å²) in [6, 6.07) is 9.33.